The normalized spacial score (nSPS) is 10.2. The van der Waals surface area contributed by atoms with E-state index < -0.39 is 0 Å². The highest BCUT2D eigenvalue weighted by Crippen LogP contribution is 2.19. The number of rotatable bonds is 2. The first-order chi connectivity index (χ1) is 8.17. The number of imidazole rings is 1. The summed E-state index contributed by atoms with van der Waals surface area (Å²) >= 11 is 0. The number of aliphatic hydroxyl groups is 1. The molecule has 0 saturated heterocycles. The quantitative estimate of drug-likeness (QED) is 0.851. The van der Waals surface area contributed by atoms with E-state index in [9.17, 15) is 0 Å². The summed E-state index contributed by atoms with van der Waals surface area (Å²) in [5.41, 5.74) is 4.03. The second kappa shape index (κ2) is 4.40. The molecule has 0 atom stereocenters. The van der Waals surface area contributed by atoms with Crippen LogP contribution < -0.4 is 0 Å². The van der Waals surface area contributed by atoms with Crippen molar-refractivity contribution in [1.82, 2.24) is 9.55 Å². The van der Waals surface area contributed by atoms with Gasteiger partial charge in [0.15, 0.2) is 0 Å². The van der Waals surface area contributed by atoms with Crippen LogP contribution in [-0.2, 0) is 6.61 Å². The average Bonchev–Trinajstić information content (AvgIpc) is 2.69. The van der Waals surface area contributed by atoms with Crippen molar-refractivity contribution in [2.45, 2.75) is 20.5 Å². The van der Waals surface area contributed by atoms with Gasteiger partial charge < -0.3 is 9.67 Å². The zero-order chi connectivity index (χ0) is 12.4. The average molecular weight is 227 g/mol. The van der Waals surface area contributed by atoms with Gasteiger partial charge in [-0.05, 0) is 31.5 Å². The van der Waals surface area contributed by atoms with E-state index in [1.54, 1.807) is 12.4 Å². The Morgan fingerprint density at radius 3 is 2.71 bits per heavy atom. The summed E-state index contributed by atoms with van der Waals surface area (Å²) in [5, 5.41) is 18.2. The van der Waals surface area contributed by atoms with Gasteiger partial charge in [0.25, 0.3) is 0 Å². The molecule has 2 rings (SSSR count). The van der Waals surface area contributed by atoms with Gasteiger partial charge in [0, 0.05) is 5.69 Å². The van der Waals surface area contributed by atoms with Crippen molar-refractivity contribution in [3.8, 4) is 11.8 Å². The van der Waals surface area contributed by atoms with Crippen LogP contribution >= 0.6 is 0 Å². The molecule has 17 heavy (non-hydrogen) atoms. The second-order valence-corrected chi connectivity index (χ2v) is 3.91. The number of benzene rings is 1. The van der Waals surface area contributed by atoms with Crippen molar-refractivity contribution in [2.24, 2.45) is 0 Å². The minimum absolute atomic E-state index is 0.0586. The highest BCUT2D eigenvalue weighted by Gasteiger charge is 2.09. The van der Waals surface area contributed by atoms with Gasteiger partial charge in [-0.25, -0.2) is 4.98 Å². The number of hydrogen-bond acceptors (Lipinski definition) is 3. The van der Waals surface area contributed by atoms with Crippen LogP contribution in [-0.4, -0.2) is 14.7 Å². The molecule has 4 nitrogen and oxygen atoms in total. The van der Waals surface area contributed by atoms with Crippen LogP contribution in [0.5, 0.6) is 0 Å². The summed E-state index contributed by atoms with van der Waals surface area (Å²) in [7, 11) is 0. The van der Waals surface area contributed by atoms with Gasteiger partial charge in [-0.15, -0.1) is 0 Å². The Labute approximate surface area is 99.8 Å². The monoisotopic (exact) mass is 227 g/mol. The second-order valence-electron chi connectivity index (χ2n) is 3.91. The first-order valence-corrected chi connectivity index (χ1v) is 5.32. The molecule has 1 aromatic heterocycles. The highest BCUT2D eigenvalue weighted by molar-refractivity contribution is 5.51. The van der Waals surface area contributed by atoms with Crippen LogP contribution in [0.15, 0.2) is 24.5 Å². The minimum atomic E-state index is -0.0586. The summed E-state index contributed by atoms with van der Waals surface area (Å²) in [6, 6.07) is 7.49. The number of nitriles is 1. The maximum atomic E-state index is 9.13. The lowest BCUT2D eigenvalue weighted by Crippen LogP contribution is -1.99. The zero-order valence-electron chi connectivity index (χ0n) is 9.81. The molecule has 0 aliphatic heterocycles. The van der Waals surface area contributed by atoms with Crippen LogP contribution in [0.3, 0.4) is 0 Å². The molecule has 4 heteroatoms. The standard InChI is InChI=1S/C13H13N3O/c1-9-10(2)16(8-15-9)13-4-3-11(7-17)5-12(13)6-14/h3-5,8,17H,7H2,1-2H3. The van der Waals surface area contributed by atoms with Crippen LogP contribution in [0.2, 0.25) is 0 Å². The van der Waals surface area contributed by atoms with Crippen LogP contribution in [0.25, 0.3) is 5.69 Å². The van der Waals surface area contributed by atoms with Gasteiger partial charge in [-0.3, -0.25) is 0 Å². The molecule has 86 valence electrons. The maximum Gasteiger partial charge on any atom is 0.101 e. The first-order valence-electron chi connectivity index (χ1n) is 5.32. The molecular weight excluding hydrogens is 214 g/mol. The van der Waals surface area contributed by atoms with Crippen molar-refractivity contribution in [3.63, 3.8) is 0 Å². The van der Waals surface area contributed by atoms with E-state index in [4.69, 9.17) is 10.4 Å². The molecule has 0 bridgehead atoms. The van der Waals surface area contributed by atoms with E-state index >= 15 is 0 Å². The predicted octanol–water partition coefficient (Wildman–Crippen LogP) is 1.85. The van der Waals surface area contributed by atoms with Crippen molar-refractivity contribution in [3.05, 3.63) is 47.0 Å². The Bertz CT molecular complexity index is 593. The molecule has 0 aliphatic rings. The number of aryl methyl sites for hydroxylation is 1. The lowest BCUT2D eigenvalue weighted by atomic mass is 10.1. The molecule has 1 N–H and O–H groups in total. The van der Waals surface area contributed by atoms with E-state index in [1.807, 2.05) is 30.5 Å². The lowest BCUT2D eigenvalue weighted by molar-refractivity contribution is 0.282. The SMILES string of the molecule is Cc1ncn(-c2ccc(CO)cc2C#N)c1C. The molecule has 0 radical (unpaired) electrons. The Balaban J connectivity index is 2.60. The van der Waals surface area contributed by atoms with Gasteiger partial charge in [-0.1, -0.05) is 6.07 Å². The third-order valence-electron chi connectivity index (χ3n) is 2.88. The molecule has 0 aliphatic carbocycles. The smallest absolute Gasteiger partial charge is 0.101 e. The van der Waals surface area contributed by atoms with E-state index in [-0.39, 0.29) is 6.61 Å². The fraction of sp³-hybridized carbons (Fsp3) is 0.231. The summed E-state index contributed by atoms with van der Waals surface area (Å²) in [4.78, 5) is 4.21. The number of hydrogen-bond donors (Lipinski definition) is 1. The van der Waals surface area contributed by atoms with E-state index in [1.165, 1.54) is 0 Å². The van der Waals surface area contributed by atoms with Crippen LogP contribution in [0.4, 0.5) is 0 Å². The van der Waals surface area contributed by atoms with Gasteiger partial charge >= 0.3 is 0 Å². The number of aromatic nitrogens is 2. The van der Waals surface area contributed by atoms with Crippen molar-refractivity contribution < 1.29 is 5.11 Å². The molecule has 0 fully saturated rings. The largest absolute Gasteiger partial charge is 0.392 e. The summed E-state index contributed by atoms with van der Waals surface area (Å²) in [6.07, 6.45) is 1.71. The molecule has 0 saturated carbocycles. The molecule has 2 aromatic rings. The van der Waals surface area contributed by atoms with Gasteiger partial charge in [0.05, 0.1) is 29.9 Å². The zero-order valence-corrected chi connectivity index (χ0v) is 9.81. The van der Waals surface area contributed by atoms with Gasteiger partial charge in [0.2, 0.25) is 0 Å². The minimum Gasteiger partial charge on any atom is -0.392 e. The fourth-order valence-electron chi connectivity index (χ4n) is 1.72. The third kappa shape index (κ3) is 1.93. The van der Waals surface area contributed by atoms with E-state index in [2.05, 4.69) is 11.1 Å². The molecule has 0 amide bonds. The Hall–Kier alpha value is -2.12. The van der Waals surface area contributed by atoms with Gasteiger partial charge in [-0.2, -0.15) is 5.26 Å². The molecule has 1 aromatic carbocycles. The van der Waals surface area contributed by atoms with Gasteiger partial charge in [0.1, 0.15) is 6.07 Å². The molecular formula is C13H13N3O. The Morgan fingerprint density at radius 1 is 1.41 bits per heavy atom. The fourth-order valence-corrected chi connectivity index (χ4v) is 1.72. The molecule has 0 spiro atoms. The van der Waals surface area contributed by atoms with Crippen molar-refractivity contribution in [1.29, 1.82) is 5.26 Å². The Kier molecular flexibility index (Phi) is 2.94. The predicted molar refractivity (Wildman–Crippen MR) is 63.7 cm³/mol. The van der Waals surface area contributed by atoms with Crippen LogP contribution in [0.1, 0.15) is 22.5 Å². The van der Waals surface area contributed by atoms with Crippen molar-refractivity contribution in [2.75, 3.05) is 0 Å². The van der Waals surface area contributed by atoms with Crippen molar-refractivity contribution >= 4 is 0 Å². The third-order valence-corrected chi connectivity index (χ3v) is 2.88. The van der Waals surface area contributed by atoms with Crippen LogP contribution in [0, 0.1) is 25.2 Å². The highest BCUT2D eigenvalue weighted by atomic mass is 16.3. The Morgan fingerprint density at radius 2 is 2.18 bits per heavy atom. The molecule has 1 heterocycles. The lowest BCUT2D eigenvalue weighted by Gasteiger charge is -2.08. The maximum absolute atomic E-state index is 9.13. The van der Waals surface area contributed by atoms with E-state index in [0.29, 0.717) is 5.56 Å². The molecule has 0 unspecified atom stereocenters. The summed E-state index contributed by atoms with van der Waals surface area (Å²) in [5.74, 6) is 0. The summed E-state index contributed by atoms with van der Waals surface area (Å²) in [6.45, 7) is 3.83. The topological polar surface area (TPSA) is 61.8 Å². The first kappa shape index (κ1) is 11.4. The van der Waals surface area contributed by atoms with E-state index in [0.717, 1.165) is 22.6 Å². The number of nitrogens with zero attached hydrogens (tertiary/aromatic N) is 3. The summed E-state index contributed by atoms with van der Waals surface area (Å²) < 4.78 is 1.88. The number of aliphatic hydroxyl groups excluding tert-OH is 1.